The number of carbonyl (C=O) groups is 1. The molecule has 31 heavy (non-hydrogen) atoms. The molecule has 0 unspecified atom stereocenters. The molecule has 1 aliphatic rings. The highest BCUT2D eigenvalue weighted by molar-refractivity contribution is 7.89. The Bertz CT molecular complexity index is 1120. The molecule has 3 rings (SSSR count). The number of benzene rings is 2. The second-order valence-corrected chi connectivity index (χ2v) is 9.41. The number of rotatable bonds is 6. The van der Waals surface area contributed by atoms with Crippen LogP contribution in [-0.2, 0) is 14.8 Å². The largest absolute Gasteiger partial charge is 0.495 e. The van der Waals surface area contributed by atoms with E-state index < -0.39 is 15.9 Å². The van der Waals surface area contributed by atoms with Gasteiger partial charge >= 0.3 is 0 Å². The summed E-state index contributed by atoms with van der Waals surface area (Å²) < 4.78 is 42.3. The molecule has 1 N–H and O–H groups in total. The highest BCUT2D eigenvalue weighted by atomic mass is 35.5. The van der Waals surface area contributed by atoms with Crippen LogP contribution in [0.2, 0.25) is 5.02 Å². The van der Waals surface area contributed by atoms with Gasteiger partial charge in [-0.3, -0.25) is 4.79 Å². The Morgan fingerprint density at radius 3 is 2.65 bits per heavy atom. The minimum absolute atomic E-state index is 0.0345. The van der Waals surface area contributed by atoms with Gasteiger partial charge in [-0.25, -0.2) is 12.7 Å². The number of anilines is 1. The van der Waals surface area contributed by atoms with E-state index in [2.05, 4.69) is 5.32 Å². The minimum atomic E-state index is -3.66. The van der Waals surface area contributed by atoms with E-state index in [1.807, 2.05) is 0 Å². The maximum Gasteiger partial charge on any atom is 0.248 e. The van der Waals surface area contributed by atoms with Gasteiger partial charge in [0, 0.05) is 26.6 Å². The molecule has 0 radical (unpaired) electrons. The molecular weight excluding hydrogens is 444 g/mol. The van der Waals surface area contributed by atoms with E-state index in [0.29, 0.717) is 41.0 Å². The summed E-state index contributed by atoms with van der Waals surface area (Å²) in [4.78, 5) is 12.5. The number of sulfonamides is 1. The molecule has 2 aromatic carbocycles. The summed E-state index contributed by atoms with van der Waals surface area (Å²) in [6, 6.07) is 7.66. The van der Waals surface area contributed by atoms with Gasteiger partial charge in [-0.2, -0.15) is 0 Å². The van der Waals surface area contributed by atoms with Crippen LogP contribution in [0.25, 0.3) is 6.08 Å². The van der Waals surface area contributed by atoms with Crippen LogP contribution in [0, 0.1) is 0 Å². The Kier molecular flexibility index (Phi) is 7.09. The molecule has 0 atom stereocenters. The Balaban J connectivity index is 1.81. The monoisotopic (exact) mass is 466 g/mol. The highest BCUT2D eigenvalue weighted by Gasteiger charge is 2.20. The predicted molar refractivity (Wildman–Crippen MR) is 119 cm³/mol. The third-order valence-electron chi connectivity index (χ3n) is 4.46. The van der Waals surface area contributed by atoms with Crippen molar-refractivity contribution in [3.8, 4) is 17.2 Å². The molecule has 1 amide bonds. The van der Waals surface area contributed by atoms with Gasteiger partial charge in [-0.15, -0.1) is 0 Å². The lowest BCUT2D eigenvalue weighted by Gasteiger charge is -2.14. The number of methoxy groups -OCH3 is 1. The summed E-state index contributed by atoms with van der Waals surface area (Å²) in [6.45, 7) is 1.04. The van der Waals surface area contributed by atoms with Crippen molar-refractivity contribution in [3.63, 3.8) is 0 Å². The molecule has 0 aromatic heterocycles. The van der Waals surface area contributed by atoms with Crippen molar-refractivity contribution in [2.45, 2.75) is 11.3 Å². The number of hydrogen-bond donors (Lipinski definition) is 1. The summed E-state index contributed by atoms with van der Waals surface area (Å²) in [5, 5.41) is 3.04. The fourth-order valence-electron chi connectivity index (χ4n) is 2.85. The van der Waals surface area contributed by atoms with Crippen LogP contribution in [0.4, 0.5) is 5.69 Å². The topological polar surface area (TPSA) is 94.2 Å². The number of carbonyl (C=O) groups excluding carboxylic acids is 1. The molecule has 8 nitrogen and oxygen atoms in total. The van der Waals surface area contributed by atoms with Gasteiger partial charge in [0.25, 0.3) is 0 Å². The standard InChI is InChI=1S/C21H23ClN2O6S/c1-24(2)31(26,27)15-6-7-18(28-3)17(13-15)23-20(25)8-5-14-11-16(22)21-19(12-14)29-9-4-10-30-21/h5-8,11-13H,4,9-10H2,1-3H3,(H,23,25)/b8-5+. The van der Waals surface area contributed by atoms with Crippen LogP contribution in [0.1, 0.15) is 12.0 Å². The van der Waals surface area contributed by atoms with Crippen molar-refractivity contribution in [1.29, 1.82) is 0 Å². The van der Waals surface area contributed by atoms with Gasteiger partial charge in [-0.1, -0.05) is 11.6 Å². The zero-order valence-corrected chi connectivity index (χ0v) is 18.9. The van der Waals surface area contributed by atoms with E-state index in [0.717, 1.165) is 10.7 Å². The Morgan fingerprint density at radius 1 is 1.19 bits per heavy atom. The number of fused-ring (bicyclic) bond motifs is 1. The molecule has 0 saturated carbocycles. The van der Waals surface area contributed by atoms with Crippen LogP contribution in [0.5, 0.6) is 17.2 Å². The summed E-state index contributed by atoms with van der Waals surface area (Å²) in [6.07, 6.45) is 3.63. The van der Waals surface area contributed by atoms with Crippen molar-refractivity contribution in [2.24, 2.45) is 0 Å². The number of amides is 1. The third-order valence-corrected chi connectivity index (χ3v) is 6.55. The number of hydrogen-bond acceptors (Lipinski definition) is 6. The molecule has 1 heterocycles. The molecule has 10 heteroatoms. The van der Waals surface area contributed by atoms with Crippen LogP contribution < -0.4 is 19.5 Å². The lowest BCUT2D eigenvalue weighted by atomic mass is 10.2. The van der Waals surface area contributed by atoms with E-state index in [1.165, 1.54) is 45.5 Å². The van der Waals surface area contributed by atoms with Crippen LogP contribution in [0.15, 0.2) is 41.3 Å². The predicted octanol–water partition coefficient (Wildman–Crippen LogP) is 3.41. The Labute approximate surface area is 186 Å². The van der Waals surface area contributed by atoms with Gasteiger partial charge in [0.15, 0.2) is 11.5 Å². The number of nitrogens with one attached hydrogen (secondary N) is 1. The number of halogens is 1. The van der Waals surface area contributed by atoms with E-state index in [4.69, 9.17) is 25.8 Å². The van der Waals surface area contributed by atoms with Gasteiger partial charge < -0.3 is 19.5 Å². The zero-order chi connectivity index (χ0) is 22.6. The van der Waals surface area contributed by atoms with E-state index >= 15 is 0 Å². The molecule has 0 aliphatic carbocycles. The van der Waals surface area contributed by atoms with Crippen molar-refractivity contribution in [3.05, 3.63) is 47.0 Å². The Morgan fingerprint density at radius 2 is 1.94 bits per heavy atom. The van der Waals surface area contributed by atoms with Gasteiger partial charge in [0.2, 0.25) is 15.9 Å². The second-order valence-electron chi connectivity index (χ2n) is 6.85. The second kappa shape index (κ2) is 9.59. The van der Waals surface area contributed by atoms with Crippen LogP contribution in [-0.4, -0.2) is 53.0 Å². The molecule has 0 bridgehead atoms. The normalized spacial score (nSPS) is 13.8. The molecule has 0 fully saturated rings. The first-order valence-electron chi connectivity index (χ1n) is 9.41. The summed E-state index contributed by atoms with van der Waals surface area (Å²) in [7, 11) is 0.630. The van der Waals surface area contributed by atoms with Crippen molar-refractivity contribution in [1.82, 2.24) is 4.31 Å². The molecular formula is C21H23ClN2O6S. The number of ether oxygens (including phenoxy) is 3. The summed E-state index contributed by atoms with van der Waals surface area (Å²) in [5.41, 5.74) is 0.886. The van der Waals surface area contributed by atoms with E-state index in [-0.39, 0.29) is 10.6 Å². The van der Waals surface area contributed by atoms with Gasteiger partial charge in [0.1, 0.15) is 5.75 Å². The van der Waals surface area contributed by atoms with Crippen molar-refractivity contribution in [2.75, 3.05) is 39.7 Å². The minimum Gasteiger partial charge on any atom is -0.495 e. The van der Waals surface area contributed by atoms with Crippen molar-refractivity contribution < 1.29 is 27.4 Å². The lowest BCUT2D eigenvalue weighted by molar-refractivity contribution is -0.111. The lowest BCUT2D eigenvalue weighted by Crippen LogP contribution is -2.22. The highest BCUT2D eigenvalue weighted by Crippen LogP contribution is 2.38. The summed E-state index contributed by atoms with van der Waals surface area (Å²) in [5.74, 6) is 0.872. The van der Waals surface area contributed by atoms with Crippen LogP contribution >= 0.6 is 11.6 Å². The summed E-state index contributed by atoms with van der Waals surface area (Å²) >= 11 is 6.27. The Hall–Kier alpha value is -2.75. The fraction of sp³-hybridized carbons (Fsp3) is 0.286. The first kappa shape index (κ1) is 22.9. The SMILES string of the molecule is COc1ccc(S(=O)(=O)N(C)C)cc1NC(=O)/C=C/c1cc(Cl)c2c(c1)OCCCO2. The first-order chi connectivity index (χ1) is 14.7. The molecule has 166 valence electrons. The molecule has 0 spiro atoms. The van der Waals surface area contributed by atoms with Crippen molar-refractivity contribution >= 4 is 39.3 Å². The third kappa shape index (κ3) is 5.30. The quantitative estimate of drug-likeness (QED) is 0.655. The van der Waals surface area contributed by atoms with Crippen LogP contribution in [0.3, 0.4) is 0 Å². The maximum atomic E-state index is 12.5. The first-order valence-corrected chi connectivity index (χ1v) is 11.2. The van der Waals surface area contributed by atoms with Gasteiger partial charge in [0.05, 0.1) is 35.9 Å². The molecule has 2 aromatic rings. The van der Waals surface area contributed by atoms with Gasteiger partial charge in [-0.05, 0) is 42.0 Å². The average molecular weight is 467 g/mol. The molecule has 0 saturated heterocycles. The molecule has 1 aliphatic heterocycles. The zero-order valence-electron chi connectivity index (χ0n) is 17.3. The number of nitrogens with zero attached hydrogens (tertiary/aromatic N) is 1. The smallest absolute Gasteiger partial charge is 0.248 e. The maximum absolute atomic E-state index is 12.5. The van der Waals surface area contributed by atoms with E-state index in [9.17, 15) is 13.2 Å². The average Bonchev–Trinajstić information content (AvgIpc) is 2.98. The fourth-order valence-corrected chi connectivity index (χ4v) is 4.05. The van der Waals surface area contributed by atoms with E-state index in [1.54, 1.807) is 18.2 Å².